The third kappa shape index (κ3) is 5.49. The zero-order valence-corrected chi connectivity index (χ0v) is 25.9. The summed E-state index contributed by atoms with van der Waals surface area (Å²) in [7, 11) is 0. The van der Waals surface area contributed by atoms with E-state index in [2.05, 4.69) is 19.2 Å². The van der Waals surface area contributed by atoms with Crippen molar-refractivity contribution in [1.82, 2.24) is 9.55 Å². The van der Waals surface area contributed by atoms with Gasteiger partial charge in [-0.25, -0.2) is 9.78 Å². The summed E-state index contributed by atoms with van der Waals surface area (Å²) in [6, 6.07) is 9.49. The van der Waals surface area contributed by atoms with Crippen LogP contribution in [0.5, 0.6) is 0 Å². The smallest absolute Gasteiger partial charge is 0.341 e. The molecule has 3 aromatic heterocycles. The number of aromatic nitrogens is 2. The van der Waals surface area contributed by atoms with Crippen LogP contribution in [-0.2, 0) is 35.2 Å². The normalized spacial score (nSPS) is 18.1. The number of ether oxygens (including phenoxy) is 1. The van der Waals surface area contributed by atoms with Gasteiger partial charge in [0.05, 0.1) is 29.0 Å². The molecule has 0 radical (unpaired) electrons. The maximum atomic E-state index is 14.0. The van der Waals surface area contributed by atoms with Crippen LogP contribution in [-0.4, -0.2) is 33.8 Å². The Labute approximate surface area is 251 Å². The Balaban J connectivity index is 1.31. The van der Waals surface area contributed by atoms with Gasteiger partial charge in [-0.3, -0.25) is 14.2 Å². The summed E-state index contributed by atoms with van der Waals surface area (Å²) in [5, 5.41) is 4.75. The quantitative estimate of drug-likeness (QED) is 0.143. The lowest BCUT2D eigenvalue weighted by Gasteiger charge is -2.18. The molecular weight excluding hydrogens is 575 g/mol. The average molecular weight is 608 g/mol. The lowest BCUT2D eigenvalue weighted by molar-refractivity contribution is -0.113. The molecule has 0 spiro atoms. The average Bonchev–Trinajstić information content (AvgIpc) is 3.49. The van der Waals surface area contributed by atoms with Crippen LogP contribution in [0.15, 0.2) is 40.3 Å². The summed E-state index contributed by atoms with van der Waals surface area (Å²) >= 11 is 4.33. The fraction of sp³-hybridized carbons (Fsp3) is 0.419. The highest BCUT2D eigenvalue weighted by Gasteiger charge is 2.30. The van der Waals surface area contributed by atoms with E-state index < -0.39 is 0 Å². The second kappa shape index (κ2) is 11.7. The van der Waals surface area contributed by atoms with Crippen molar-refractivity contribution in [2.45, 2.75) is 64.5 Å². The van der Waals surface area contributed by atoms with Gasteiger partial charge in [0.2, 0.25) is 5.91 Å². The highest BCUT2D eigenvalue weighted by molar-refractivity contribution is 7.99. The molecule has 0 fully saturated rings. The van der Waals surface area contributed by atoms with Gasteiger partial charge in [0, 0.05) is 9.75 Å². The maximum Gasteiger partial charge on any atom is 0.341 e. The number of para-hydroxylation sites is 1. The van der Waals surface area contributed by atoms with E-state index in [1.54, 1.807) is 22.8 Å². The van der Waals surface area contributed by atoms with Gasteiger partial charge in [0.1, 0.15) is 9.83 Å². The Morgan fingerprint density at radius 2 is 1.73 bits per heavy atom. The summed E-state index contributed by atoms with van der Waals surface area (Å²) in [6.45, 7) is 6.52. The molecule has 6 rings (SSSR count). The molecule has 0 bridgehead atoms. The zero-order valence-electron chi connectivity index (χ0n) is 23.5. The summed E-state index contributed by atoms with van der Waals surface area (Å²) in [5.74, 6) is 0.546. The monoisotopic (exact) mass is 607 g/mol. The number of benzene rings is 1. The Morgan fingerprint density at radius 1 is 1.05 bits per heavy atom. The second-order valence-electron chi connectivity index (χ2n) is 11.0. The van der Waals surface area contributed by atoms with Gasteiger partial charge in [-0.1, -0.05) is 43.8 Å². The number of rotatable bonds is 7. The number of hydrogen-bond donors (Lipinski definition) is 1. The third-order valence-corrected chi connectivity index (χ3v) is 11.1. The molecular formula is C31H33N3O4S3. The standard InChI is InChI=1S/C31H33N3O4S3/c1-4-38-30(37)26-21-13-11-18(3)15-23(21)41-28(26)32-24(35)16-39-31-33-27-25(20-12-10-17(2)14-22(20)40-27)29(36)34(31)19-8-6-5-7-9-19/h5-9,17-18H,4,10-16H2,1-3H3,(H,32,35)/t17-,18-/m0/s1. The molecule has 2 aliphatic carbocycles. The first kappa shape index (κ1) is 28.2. The van der Waals surface area contributed by atoms with E-state index in [9.17, 15) is 14.4 Å². The van der Waals surface area contributed by atoms with Crippen LogP contribution >= 0.6 is 34.4 Å². The highest BCUT2D eigenvalue weighted by Crippen LogP contribution is 2.41. The van der Waals surface area contributed by atoms with Gasteiger partial charge in [-0.2, -0.15) is 0 Å². The minimum absolute atomic E-state index is 0.0497. The molecule has 41 heavy (non-hydrogen) atoms. The first-order valence-electron chi connectivity index (χ1n) is 14.2. The van der Waals surface area contributed by atoms with E-state index in [4.69, 9.17) is 9.72 Å². The number of nitrogens with zero attached hydrogens (tertiary/aromatic N) is 2. The molecule has 1 aromatic carbocycles. The van der Waals surface area contributed by atoms with Gasteiger partial charge in [-0.05, 0) is 80.5 Å². The van der Waals surface area contributed by atoms with Crippen LogP contribution in [0.25, 0.3) is 15.9 Å². The molecule has 2 aliphatic rings. The van der Waals surface area contributed by atoms with Gasteiger partial charge in [-0.15, -0.1) is 22.7 Å². The first-order valence-corrected chi connectivity index (χ1v) is 16.8. The molecule has 1 N–H and O–H groups in total. The van der Waals surface area contributed by atoms with Crippen molar-refractivity contribution in [2.75, 3.05) is 17.7 Å². The zero-order chi connectivity index (χ0) is 28.7. The van der Waals surface area contributed by atoms with Gasteiger partial charge >= 0.3 is 5.97 Å². The Hall–Kier alpha value is -2.95. The van der Waals surface area contributed by atoms with Crippen molar-refractivity contribution in [1.29, 1.82) is 0 Å². The predicted molar refractivity (Wildman–Crippen MR) is 167 cm³/mol. The largest absolute Gasteiger partial charge is 0.462 e. The fourth-order valence-corrected chi connectivity index (χ4v) is 9.48. The van der Waals surface area contributed by atoms with Crippen LogP contribution < -0.4 is 10.9 Å². The molecule has 3 heterocycles. The Morgan fingerprint density at radius 3 is 2.44 bits per heavy atom. The Bertz CT molecular complexity index is 1690. The number of thiophene rings is 2. The van der Waals surface area contributed by atoms with Crippen LogP contribution in [0, 0.1) is 11.8 Å². The van der Waals surface area contributed by atoms with E-state index in [0.717, 1.165) is 65.0 Å². The number of aryl methyl sites for hydroxylation is 1. The van der Waals surface area contributed by atoms with Crippen LogP contribution in [0.2, 0.25) is 0 Å². The molecule has 214 valence electrons. The number of esters is 1. The minimum Gasteiger partial charge on any atom is -0.462 e. The number of thioether (sulfide) groups is 1. The number of anilines is 1. The minimum atomic E-state index is -0.386. The second-order valence-corrected chi connectivity index (χ2v) is 14.1. The highest BCUT2D eigenvalue weighted by atomic mass is 32.2. The molecule has 0 unspecified atom stereocenters. The van der Waals surface area contributed by atoms with Crippen LogP contribution in [0.3, 0.4) is 0 Å². The van der Waals surface area contributed by atoms with Crippen molar-refractivity contribution in [3.05, 3.63) is 67.1 Å². The lowest BCUT2D eigenvalue weighted by atomic mass is 9.88. The summed E-state index contributed by atoms with van der Waals surface area (Å²) in [5.41, 5.74) is 3.29. The summed E-state index contributed by atoms with van der Waals surface area (Å²) in [4.78, 5) is 48.3. The number of hydrogen-bond acceptors (Lipinski definition) is 8. The topological polar surface area (TPSA) is 90.3 Å². The molecule has 0 saturated carbocycles. The number of fused-ring (bicyclic) bond motifs is 4. The van der Waals surface area contributed by atoms with Gasteiger partial charge in [0.15, 0.2) is 5.16 Å². The van der Waals surface area contributed by atoms with Crippen molar-refractivity contribution < 1.29 is 14.3 Å². The van der Waals surface area contributed by atoms with E-state index in [0.29, 0.717) is 32.9 Å². The first-order chi connectivity index (χ1) is 19.8. The number of amides is 1. The van der Waals surface area contributed by atoms with Gasteiger partial charge in [0.25, 0.3) is 5.56 Å². The summed E-state index contributed by atoms with van der Waals surface area (Å²) in [6.07, 6.45) is 5.65. The van der Waals surface area contributed by atoms with Crippen molar-refractivity contribution in [3.63, 3.8) is 0 Å². The SMILES string of the molecule is CCOC(=O)c1c(NC(=O)CSc2nc3sc4c(c3c(=O)n2-c2ccccc2)CC[C@H](C)C4)sc2c1CC[C@H](C)C2. The van der Waals surface area contributed by atoms with E-state index in [-0.39, 0.29) is 29.8 Å². The molecule has 7 nitrogen and oxygen atoms in total. The third-order valence-electron chi connectivity index (χ3n) is 7.89. The fourth-order valence-electron chi connectivity index (χ4n) is 5.82. The van der Waals surface area contributed by atoms with Crippen molar-refractivity contribution in [3.8, 4) is 5.69 Å². The molecule has 0 aliphatic heterocycles. The maximum absolute atomic E-state index is 14.0. The number of nitrogens with one attached hydrogen (secondary N) is 1. The molecule has 2 atom stereocenters. The molecule has 1 amide bonds. The van der Waals surface area contributed by atoms with E-state index in [1.807, 2.05) is 30.3 Å². The van der Waals surface area contributed by atoms with Crippen molar-refractivity contribution >= 4 is 61.5 Å². The van der Waals surface area contributed by atoms with Crippen LogP contribution in [0.1, 0.15) is 64.9 Å². The predicted octanol–water partition coefficient (Wildman–Crippen LogP) is 6.67. The van der Waals surface area contributed by atoms with E-state index in [1.165, 1.54) is 28.0 Å². The van der Waals surface area contributed by atoms with Crippen molar-refractivity contribution in [2.24, 2.45) is 11.8 Å². The number of carbonyl (C=O) groups excluding carboxylic acids is 2. The van der Waals surface area contributed by atoms with Crippen LogP contribution in [0.4, 0.5) is 5.00 Å². The van der Waals surface area contributed by atoms with E-state index >= 15 is 0 Å². The molecule has 10 heteroatoms. The molecule has 4 aromatic rings. The molecule has 0 saturated heterocycles. The summed E-state index contributed by atoms with van der Waals surface area (Å²) < 4.78 is 6.99. The Kier molecular flexibility index (Phi) is 8.07. The number of carbonyl (C=O) groups is 2. The lowest BCUT2D eigenvalue weighted by Crippen LogP contribution is -2.23. The van der Waals surface area contributed by atoms with Gasteiger partial charge < -0.3 is 10.1 Å².